The molecule has 0 spiro atoms. The highest BCUT2D eigenvalue weighted by Crippen LogP contribution is 2.19. The van der Waals surface area contributed by atoms with Crippen LogP contribution >= 0.6 is 0 Å². The number of carbonyl (C=O) groups excluding carboxylic acids is 1. The Morgan fingerprint density at radius 2 is 2.04 bits per heavy atom. The molecule has 0 unspecified atom stereocenters. The van der Waals surface area contributed by atoms with E-state index in [-0.39, 0.29) is 18.2 Å². The molecule has 0 atom stereocenters. The normalized spacial score (nSPS) is 14.0. The predicted octanol–water partition coefficient (Wildman–Crippen LogP) is 1.93. The number of rotatable bonds is 5. The molecule has 3 N–H and O–H groups in total. The van der Waals surface area contributed by atoms with Crippen LogP contribution in [0.3, 0.4) is 0 Å². The summed E-state index contributed by atoms with van der Waals surface area (Å²) in [6, 6.07) is 6.09. The van der Waals surface area contributed by atoms with Crippen LogP contribution in [0.4, 0.5) is 13.2 Å². The van der Waals surface area contributed by atoms with Gasteiger partial charge in [-0.3, -0.25) is 9.89 Å². The molecule has 0 aliphatic carbocycles. The summed E-state index contributed by atoms with van der Waals surface area (Å²) in [6.45, 7) is 0.355. The van der Waals surface area contributed by atoms with Crippen molar-refractivity contribution in [3.05, 3.63) is 46.8 Å². The first kappa shape index (κ1) is 17.3. The van der Waals surface area contributed by atoms with Crippen molar-refractivity contribution < 1.29 is 22.7 Å². The standard InChI is InChI=1S/C16H17F3N4O2/c17-16(18,19)9-25-11-3-1-10(2-4-11)7-21-15(24)14-12-8-20-6-5-13(12)22-23-14/h1-4,20H,5-9H2,(H,21,24)(H,22,23). The van der Waals surface area contributed by atoms with E-state index in [1.165, 1.54) is 12.1 Å². The van der Waals surface area contributed by atoms with E-state index in [0.717, 1.165) is 29.8 Å². The minimum absolute atomic E-state index is 0.125. The summed E-state index contributed by atoms with van der Waals surface area (Å²) in [6.07, 6.45) is -3.57. The molecule has 3 rings (SSSR count). The summed E-state index contributed by atoms with van der Waals surface area (Å²) in [5.74, 6) is -0.168. The molecule has 2 aromatic rings. The van der Waals surface area contributed by atoms with Gasteiger partial charge in [-0.15, -0.1) is 0 Å². The zero-order valence-corrected chi connectivity index (χ0v) is 13.2. The van der Waals surface area contributed by atoms with Crippen LogP contribution < -0.4 is 15.4 Å². The Labute approximate surface area is 141 Å². The van der Waals surface area contributed by atoms with Crippen LogP contribution in [0, 0.1) is 0 Å². The number of carbonyl (C=O) groups is 1. The molecule has 1 amide bonds. The average Bonchev–Trinajstić information content (AvgIpc) is 3.02. The van der Waals surface area contributed by atoms with Crippen molar-refractivity contribution in [2.24, 2.45) is 0 Å². The lowest BCUT2D eigenvalue weighted by molar-refractivity contribution is -0.153. The van der Waals surface area contributed by atoms with E-state index in [2.05, 4.69) is 25.6 Å². The van der Waals surface area contributed by atoms with Gasteiger partial charge in [0.25, 0.3) is 5.91 Å². The molecule has 0 saturated heterocycles. The van der Waals surface area contributed by atoms with Crippen molar-refractivity contribution in [2.45, 2.75) is 25.7 Å². The van der Waals surface area contributed by atoms with E-state index < -0.39 is 12.8 Å². The molecule has 0 radical (unpaired) electrons. The molecule has 1 aromatic carbocycles. The SMILES string of the molecule is O=C(NCc1ccc(OCC(F)(F)F)cc1)c1n[nH]c2c1CNCC2. The van der Waals surface area contributed by atoms with Crippen LogP contribution in [0.25, 0.3) is 0 Å². The van der Waals surface area contributed by atoms with Crippen LogP contribution in [-0.4, -0.2) is 35.4 Å². The second kappa shape index (κ2) is 7.14. The number of halogens is 3. The van der Waals surface area contributed by atoms with E-state index in [1.807, 2.05) is 0 Å². The fraction of sp³-hybridized carbons (Fsp3) is 0.375. The number of nitrogens with zero attached hydrogens (tertiary/aromatic N) is 1. The van der Waals surface area contributed by atoms with Gasteiger partial charge in [0.1, 0.15) is 5.75 Å². The van der Waals surface area contributed by atoms with Gasteiger partial charge >= 0.3 is 6.18 Å². The Morgan fingerprint density at radius 3 is 2.76 bits per heavy atom. The van der Waals surface area contributed by atoms with Crippen LogP contribution in [-0.2, 0) is 19.5 Å². The summed E-state index contributed by atoms with van der Waals surface area (Å²) < 4.78 is 40.9. The average molecular weight is 354 g/mol. The lowest BCUT2D eigenvalue weighted by Crippen LogP contribution is -2.28. The lowest BCUT2D eigenvalue weighted by atomic mass is 10.1. The molecule has 0 fully saturated rings. The number of ether oxygens (including phenoxy) is 1. The molecule has 0 saturated carbocycles. The van der Waals surface area contributed by atoms with Gasteiger partial charge in [-0.25, -0.2) is 0 Å². The van der Waals surface area contributed by atoms with Crippen molar-refractivity contribution in [3.63, 3.8) is 0 Å². The van der Waals surface area contributed by atoms with Crippen molar-refractivity contribution in [1.82, 2.24) is 20.8 Å². The molecular weight excluding hydrogens is 337 g/mol. The van der Waals surface area contributed by atoms with Gasteiger partial charge in [0.2, 0.25) is 0 Å². The van der Waals surface area contributed by atoms with Gasteiger partial charge in [0.05, 0.1) is 0 Å². The number of aromatic nitrogens is 2. The molecular formula is C16H17F3N4O2. The van der Waals surface area contributed by atoms with Crippen molar-refractivity contribution in [2.75, 3.05) is 13.2 Å². The summed E-state index contributed by atoms with van der Waals surface area (Å²) in [4.78, 5) is 12.3. The third-order valence-electron chi connectivity index (χ3n) is 3.80. The Morgan fingerprint density at radius 1 is 1.28 bits per heavy atom. The summed E-state index contributed by atoms with van der Waals surface area (Å²) in [5, 5.41) is 12.9. The molecule has 1 aliphatic rings. The fourth-order valence-corrected chi connectivity index (χ4v) is 2.55. The van der Waals surface area contributed by atoms with Crippen molar-refractivity contribution in [1.29, 1.82) is 0 Å². The largest absolute Gasteiger partial charge is 0.484 e. The Kier molecular flexibility index (Phi) is 4.93. The molecule has 1 aromatic heterocycles. The van der Waals surface area contributed by atoms with Crippen LogP contribution in [0.15, 0.2) is 24.3 Å². The smallest absolute Gasteiger partial charge is 0.422 e. The van der Waals surface area contributed by atoms with Gasteiger partial charge in [0, 0.05) is 37.3 Å². The molecule has 6 nitrogen and oxygen atoms in total. The highest BCUT2D eigenvalue weighted by Gasteiger charge is 2.28. The number of aromatic amines is 1. The zero-order valence-electron chi connectivity index (χ0n) is 13.2. The third kappa shape index (κ3) is 4.50. The number of benzene rings is 1. The first-order valence-electron chi connectivity index (χ1n) is 7.76. The summed E-state index contributed by atoms with van der Waals surface area (Å²) in [7, 11) is 0. The second-order valence-corrected chi connectivity index (χ2v) is 5.69. The molecule has 9 heteroatoms. The monoisotopic (exact) mass is 354 g/mol. The van der Waals surface area contributed by atoms with E-state index in [1.54, 1.807) is 12.1 Å². The van der Waals surface area contributed by atoms with Gasteiger partial charge in [-0.2, -0.15) is 18.3 Å². The molecule has 2 heterocycles. The van der Waals surface area contributed by atoms with E-state index >= 15 is 0 Å². The van der Waals surface area contributed by atoms with Crippen molar-refractivity contribution in [3.8, 4) is 5.75 Å². The highest BCUT2D eigenvalue weighted by molar-refractivity contribution is 5.94. The first-order chi connectivity index (χ1) is 11.9. The molecule has 25 heavy (non-hydrogen) atoms. The maximum atomic E-state index is 12.3. The predicted molar refractivity (Wildman–Crippen MR) is 83.2 cm³/mol. The van der Waals surface area contributed by atoms with E-state index in [9.17, 15) is 18.0 Å². The zero-order chi connectivity index (χ0) is 17.9. The Bertz CT molecular complexity index is 741. The minimum Gasteiger partial charge on any atom is -0.484 e. The number of fused-ring (bicyclic) bond motifs is 1. The number of hydrogen-bond acceptors (Lipinski definition) is 4. The maximum Gasteiger partial charge on any atom is 0.422 e. The van der Waals surface area contributed by atoms with E-state index in [4.69, 9.17) is 0 Å². The second-order valence-electron chi connectivity index (χ2n) is 5.69. The number of hydrogen-bond donors (Lipinski definition) is 3. The van der Waals surface area contributed by atoms with Gasteiger partial charge < -0.3 is 15.4 Å². The highest BCUT2D eigenvalue weighted by atomic mass is 19.4. The number of H-pyrrole nitrogens is 1. The number of nitrogens with one attached hydrogen (secondary N) is 3. The van der Waals surface area contributed by atoms with Crippen LogP contribution in [0.5, 0.6) is 5.75 Å². The quantitative estimate of drug-likeness (QED) is 0.767. The third-order valence-corrected chi connectivity index (χ3v) is 3.80. The van der Waals surface area contributed by atoms with Gasteiger partial charge in [0.15, 0.2) is 12.3 Å². The first-order valence-corrected chi connectivity index (χ1v) is 7.76. The van der Waals surface area contributed by atoms with Crippen LogP contribution in [0.1, 0.15) is 27.3 Å². The van der Waals surface area contributed by atoms with E-state index in [0.29, 0.717) is 12.2 Å². The van der Waals surface area contributed by atoms with Gasteiger partial charge in [-0.1, -0.05) is 12.1 Å². The summed E-state index contributed by atoms with van der Waals surface area (Å²) in [5.41, 5.74) is 2.96. The van der Waals surface area contributed by atoms with Crippen LogP contribution in [0.2, 0.25) is 0 Å². The minimum atomic E-state index is -4.37. The summed E-state index contributed by atoms with van der Waals surface area (Å²) >= 11 is 0. The Balaban J connectivity index is 1.55. The fourth-order valence-electron chi connectivity index (χ4n) is 2.55. The van der Waals surface area contributed by atoms with Gasteiger partial charge in [-0.05, 0) is 17.7 Å². The molecule has 1 aliphatic heterocycles. The maximum absolute atomic E-state index is 12.3. The molecule has 134 valence electrons. The Hall–Kier alpha value is -2.55. The number of amides is 1. The van der Waals surface area contributed by atoms with Crippen molar-refractivity contribution >= 4 is 5.91 Å². The number of alkyl halides is 3. The topological polar surface area (TPSA) is 79.0 Å². The lowest BCUT2D eigenvalue weighted by Gasteiger charge is -2.13. The molecule has 0 bridgehead atoms.